The van der Waals surface area contributed by atoms with E-state index in [2.05, 4.69) is 30.7 Å². The summed E-state index contributed by atoms with van der Waals surface area (Å²) in [4.78, 5) is 22.4. The number of amides is 1. The van der Waals surface area contributed by atoms with Gasteiger partial charge in [-0.1, -0.05) is 12.1 Å². The summed E-state index contributed by atoms with van der Waals surface area (Å²) >= 11 is 3.29. The molecule has 0 radical (unpaired) electrons. The van der Waals surface area contributed by atoms with Crippen LogP contribution in [0.15, 0.2) is 28.7 Å². The average molecular weight is 302 g/mol. The first-order valence-corrected chi connectivity index (χ1v) is 5.61. The molecule has 0 unspecified atom stereocenters. The van der Waals surface area contributed by atoms with Crippen molar-refractivity contribution in [2.24, 2.45) is 0 Å². The quantitative estimate of drug-likeness (QED) is 0.839. The molecule has 1 N–H and O–H groups in total. The molecule has 0 fully saturated rings. The first kappa shape index (κ1) is 13.7. The second-order valence-electron chi connectivity index (χ2n) is 3.12. The minimum absolute atomic E-state index is 0.164. The Labute approximate surface area is 107 Å². The highest BCUT2D eigenvalue weighted by molar-refractivity contribution is 9.10. The lowest BCUT2D eigenvalue weighted by Gasteiger charge is -2.07. The Morgan fingerprint density at radius 1 is 1.29 bits per heavy atom. The van der Waals surface area contributed by atoms with Crippen LogP contribution in [0.3, 0.4) is 0 Å². The number of carbonyl (C=O) groups excluding carboxylic acids is 2. The minimum Gasteiger partial charge on any atom is -0.454 e. The van der Waals surface area contributed by atoms with Crippen molar-refractivity contribution in [2.45, 2.75) is 0 Å². The van der Waals surface area contributed by atoms with Gasteiger partial charge in [-0.05, 0) is 28.1 Å². The Bertz CT molecular complexity index is 408. The van der Waals surface area contributed by atoms with Gasteiger partial charge >= 0.3 is 5.97 Å². The Balaban J connectivity index is 2.40. The van der Waals surface area contributed by atoms with E-state index in [9.17, 15) is 9.59 Å². The Hall–Kier alpha value is -1.40. The summed E-state index contributed by atoms with van der Waals surface area (Å²) in [6, 6.07) is 7.15. The maximum atomic E-state index is 11.4. The van der Waals surface area contributed by atoms with Crippen molar-refractivity contribution in [1.82, 2.24) is 0 Å². The van der Waals surface area contributed by atoms with E-state index in [0.29, 0.717) is 5.69 Å². The molecule has 0 bridgehead atoms. The zero-order valence-electron chi connectivity index (χ0n) is 9.23. The summed E-state index contributed by atoms with van der Waals surface area (Å²) in [5, 5.41) is 2.60. The van der Waals surface area contributed by atoms with E-state index < -0.39 is 11.9 Å². The van der Waals surface area contributed by atoms with E-state index in [-0.39, 0.29) is 13.2 Å². The number of hydrogen-bond donors (Lipinski definition) is 1. The predicted molar refractivity (Wildman–Crippen MR) is 65.6 cm³/mol. The van der Waals surface area contributed by atoms with Gasteiger partial charge in [-0.15, -0.1) is 0 Å². The van der Waals surface area contributed by atoms with E-state index in [1.54, 1.807) is 18.2 Å². The van der Waals surface area contributed by atoms with Gasteiger partial charge in [0.15, 0.2) is 6.61 Å². The summed E-state index contributed by atoms with van der Waals surface area (Å²) in [5.74, 6) is -0.976. The van der Waals surface area contributed by atoms with Crippen molar-refractivity contribution in [3.05, 3.63) is 28.7 Å². The number of ether oxygens (including phenoxy) is 2. The lowest BCUT2D eigenvalue weighted by atomic mass is 10.3. The third-order valence-corrected chi connectivity index (χ3v) is 2.47. The highest BCUT2D eigenvalue weighted by Gasteiger charge is 2.08. The van der Waals surface area contributed by atoms with Crippen LogP contribution in [0.4, 0.5) is 5.69 Å². The third-order valence-electron chi connectivity index (χ3n) is 1.77. The molecule has 0 aliphatic carbocycles. The van der Waals surface area contributed by atoms with Crippen LogP contribution in [0.25, 0.3) is 0 Å². The van der Waals surface area contributed by atoms with Gasteiger partial charge in [0.1, 0.15) is 6.61 Å². The maximum Gasteiger partial charge on any atom is 0.332 e. The standard InChI is InChI=1S/C11H12BrNO4/c1-16-7-11(15)17-6-10(14)13-9-5-3-2-4-8(9)12/h2-5H,6-7H2,1H3,(H,13,14). The van der Waals surface area contributed by atoms with Crippen LogP contribution in [0.1, 0.15) is 0 Å². The van der Waals surface area contributed by atoms with Gasteiger partial charge in [0, 0.05) is 11.6 Å². The predicted octanol–water partition coefficient (Wildman–Crippen LogP) is 1.58. The van der Waals surface area contributed by atoms with Gasteiger partial charge in [-0.3, -0.25) is 4.79 Å². The summed E-state index contributed by atoms with van der Waals surface area (Å²) in [6.07, 6.45) is 0. The smallest absolute Gasteiger partial charge is 0.332 e. The van der Waals surface area contributed by atoms with Crippen molar-refractivity contribution in [1.29, 1.82) is 0 Å². The zero-order valence-corrected chi connectivity index (χ0v) is 10.8. The molecule has 92 valence electrons. The first-order chi connectivity index (χ1) is 8.13. The Morgan fingerprint density at radius 2 is 2.00 bits per heavy atom. The first-order valence-electron chi connectivity index (χ1n) is 4.82. The normalized spacial score (nSPS) is 9.76. The molecule has 1 aromatic rings. The second kappa shape index (κ2) is 7.03. The number of carbonyl (C=O) groups is 2. The van der Waals surface area contributed by atoms with Crippen LogP contribution >= 0.6 is 15.9 Å². The minimum atomic E-state index is -0.574. The van der Waals surface area contributed by atoms with Crippen LogP contribution in [-0.4, -0.2) is 32.2 Å². The molecule has 0 heterocycles. The van der Waals surface area contributed by atoms with E-state index in [0.717, 1.165) is 4.47 Å². The van der Waals surface area contributed by atoms with Crippen molar-refractivity contribution in [3.63, 3.8) is 0 Å². The van der Waals surface area contributed by atoms with Gasteiger partial charge < -0.3 is 14.8 Å². The van der Waals surface area contributed by atoms with Crippen molar-refractivity contribution < 1.29 is 19.1 Å². The molecule has 0 aliphatic rings. The summed E-state index contributed by atoms with van der Waals surface area (Å²) in [5.41, 5.74) is 0.625. The van der Waals surface area contributed by atoms with Gasteiger partial charge in [-0.25, -0.2) is 4.79 Å². The SMILES string of the molecule is COCC(=O)OCC(=O)Nc1ccccc1Br. The number of rotatable bonds is 5. The summed E-state index contributed by atoms with van der Waals surface area (Å²) < 4.78 is 9.99. The molecule has 1 amide bonds. The molecule has 0 saturated carbocycles. The molecule has 17 heavy (non-hydrogen) atoms. The topological polar surface area (TPSA) is 64.6 Å². The van der Waals surface area contributed by atoms with Crippen LogP contribution < -0.4 is 5.32 Å². The van der Waals surface area contributed by atoms with Crippen LogP contribution in [0.5, 0.6) is 0 Å². The van der Waals surface area contributed by atoms with E-state index in [4.69, 9.17) is 0 Å². The Morgan fingerprint density at radius 3 is 2.65 bits per heavy atom. The molecule has 1 rings (SSSR count). The molecule has 0 aliphatic heterocycles. The molecular weight excluding hydrogens is 290 g/mol. The number of esters is 1. The number of para-hydroxylation sites is 1. The second-order valence-corrected chi connectivity index (χ2v) is 3.98. The van der Waals surface area contributed by atoms with Gasteiger partial charge in [0.05, 0.1) is 5.69 Å². The average Bonchev–Trinajstić information content (AvgIpc) is 2.30. The van der Waals surface area contributed by atoms with E-state index in [1.807, 2.05) is 6.07 Å². The van der Waals surface area contributed by atoms with Crippen molar-refractivity contribution in [2.75, 3.05) is 25.6 Å². The molecule has 0 saturated heterocycles. The lowest BCUT2D eigenvalue weighted by Crippen LogP contribution is -2.22. The fourth-order valence-electron chi connectivity index (χ4n) is 1.05. The fourth-order valence-corrected chi connectivity index (χ4v) is 1.44. The number of anilines is 1. The third kappa shape index (κ3) is 4.97. The molecule has 0 spiro atoms. The van der Waals surface area contributed by atoms with Gasteiger partial charge in [0.25, 0.3) is 5.91 Å². The lowest BCUT2D eigenvalue weighted by molar-refractivity contribution is -0.150. The highest BCUT2D eigenvalue weighted by atomic mass is 79.9. The molecule has 0 aromatic heterocycles. The van der Waals surface area contributed by atoms with Crippen molar-refractivity contribution in [3.8, 4) is 0 Å². The fraction of sp³-hybridized carbons (Fsp3) is 0.273. The molecule has 0 atom stereocenters. The number of benzene rings is 1. The zero-order chi connectivity index (χ0) is 12.7. The van der Waals surface area contributed by atoms with Crippen LogP contribution in [-0.2, 0) is 19.1 Å². The maximum absolute atomic E-state index is 11.4. The van der Waals surface area contributed by atoms with Crippen LogP contribution in [0, 0.1) is 0 Å². The number of hydrogen-bond acceptors (Lipinski definition) is 4. The van der Waals surface area contributed by atoms with Gasteiger partial charge in [-0.2, -0.15) is 0 Å². The molecule has 1 aromatic carbocycles. The summed E-state index contributed by atoms with van der Waals surface area (Å²) in [7, 11) is 1.38. The molecule has 5 nitrogen and oxygen atoms in total. The monoisotopic (exact) mass is 301 g/mol. The molecule has 6 heteroatoms. The van der Waals surface area contributed by atoms with Crippen LogP contribution in [0.2, 0.25) is 0 Å². The Kier molecular flexibility index (Phi) is 5.65. The number of methoxy groups -OCH3 is 1. The molecular formula is C11H12BrNO4. The number of nitrogens with one attached hydrogen (secondary N) is 1. The van der Waals surface area contributed by atoms with E-state index >= 15 is 0 Å². The van der Waals surface area contributed by atoms with E-state index in [1.165, 1.54) is 7.11 Å². The largest absolute Gasteiger partial charge is 0.454 e. The van der Waals surface area contributed by atoms with Crippen molar-refractivity contribution >= 4 is 33.5 Å². The highest BCUT2D eigenvalue weighted by Crippen LogP contribution is 2.20. The number of halogens is 1. The summed E-state index contributed by atoms with van der Waals surface area (Å²) in [6.45, 7) is -0.494. The van der Waals surface area contributed by atoms with Gasteiger partial charge in [0.2, 0.25) is 0 Å².